The van der Waals surface area contributed by atoms with Crippen molar-refractivity contribution in [3.8, 4) is 0 Å². The van der Waals surface area contributed by atoms with Crippen LogP contribution >= 0.6 is 0 Å². The predicted octanol–water partition coefficient (Wildman–Crippen LogP) is 4.38. The van der Waals surface area contributed by atoms with E-state index in [1.54, 1.807) is 0 Å². The molecule has 2 unspecified atom stereocenters. The summed E-state index contributed by atoms with van der Waals surface area (Å²) in [5.41, 5.74) is 3.38. The van der Waals surface area contributed by atoms with Gasteiger partial charge in [-0.05, 0) is 47.8 Å². The van der Waals surface area contributed by atoms with Gasteiger partial charge in [-0.3, -0.25) is 0 Å². The zero-order valence-electron chi connectivity index (χ0n) is 13.2. The topological polar surface area (TPSA) is 12.0 Å². The van der Waals surface area contributed by atoms with Crippen LogP contribution in [0, 0.1) is 11.3 Å². The van der Waals surface area contributed by atoms with Crippen LogP contribution in [0.5, 0.6) is 0 Å². The normalized spacial score (nSPS) is 25.4. The van der Waals surface area contributed by atoms with Gasteiger partial charge < -0.3 is 5.32 Å². The van der Waals surface area contributed by atoms with Crippen LogP contribution in [0.15, 0.2) is 24.3 Å². The van der Waals surface area contributed by atoms with E-state index in [9.17, 15) is 0 Å². The Morgan fingerprint density at radius 2 is 1.84 bits per heavy atom. The summed E-state index contributed by atoms with van der Waals surface area (Å²) in [6, 6.07) is 10.0. The van der Waals surface area contributed by atoms with Gasteiger partial charge in [-0.1, -0.05) is 58.9 Å². The lowest BCUT2D eigenvalue weighted by molar-refractivity contribution is 0.0706. The van der Waals surface area contributed by atoms with Crippen molar-refractivity contribution in [3.63, 3.8) is 0 Å². The Kier molecular flexibility index (Phi) is 4.35. The van der Waals surface area contributed by atoms with E-state index in [2.05, 4.69) is 64.2 Å². The van der Waals surface area contributed by atoms with E-state index >= 15 is 0 Å². The fourth-order valence-corrected chi connectivity index (χ4v) is 3.44. The molecule has 0 saturated heterocycles. The third-order valence-corrected chi connectivity index (χ3v) is 4.74. The Bertz CT molecular complexity index is 402. The summed E-state index contributed by atoms with van der Waals surface area (Å²) in [4.78, 5) is 0. The first-order valence-electron chi connectivity index (χ1n) is 7.77. The van der Waals surface area contributed by atoms with Crippen LogP contribution < -0.4 is 5.32 Å². The zero-order chi connectivity index (χ0) is 14.0. The Labute approximate surface area is 118 Å². The fourth-order valence-electron chi connectivity index (χ4n) is 3.44. The molecule has 0 bridgehead atoms. The maximum absolute atomic E-state index is 3.61. The molecule has 1 heteroatoms. The monoisotopic (exact) mass is 259 g/mol. The van der Waals surface area contributed by atoms with Crippen LogP contribution in [-0.2, 0) is 6.42 Å². The Morgan fingerprint density at radius 3 is 2.32 bits per heavy atom. The Balaban J connectivity index is 2.04. The third kappa shape index (κ3) is 3.02. The molecule has 2 rings (SSSR count). The maximum atomic E-state index is 3.61. The van der Waals surface area contributed by atoms with Crippen LogP contribution in [0.1, 0.15) is 58.1 Å². The second kappa shape index (κ2) is 5.66. The second-order valence-corrected chi connectivity index (χ2v) is 7.06. The molecule has 19 heavy (non-hydrogen) atoms. The SMILES string of the molecule is CCNC1CC(c2ccc(CC(C)C)cc2)C1(C)C. The van der Waals surface area contributed by atoms with Gasteiger partial charge in [0.1, 0.15) is 0 Å². The molecule has 0 spiro atoms. The summed E-state index contributed by atoms with van der Waals surface area (Å²) in [5, 5.41) is 3.61. The first-order chi connectivity index (χ1) is 8.95. The second-order valence-electron chi connectivity index (χ2n) is 7.06. The highest BCUT2D eigenvalue weighted by Crippen LogP contribution is 2.52. The highest BCUT2D eigenvalue weighted by molar-refractivity contribution is 5.30. The van der Waals surface area contributed by atoms with Crippen molar-refractivity contribution in [3.05, 3.63) is 35.4 Å². The van der Waals surface area contributed by atoms with Crippen molar-refractivity contribution in [1.82, 2.24) is 5.32 Å². The van der Waals surface area contributed by atoms with E-state index in [4.69, 9.17) is 0 Å². The summed E-state index contributed by atoms with van der Waals surface area (Å²) in [6.07, 6.45) is 2.47. The Hall–Kier alpha value is -0.820. The first-order valence-corrected chi connectivity index (χ1v) is 7.77. The van der Waals surface area contributed by atoms with E-state index in [1.807, 2.05) is 0 Å². The third-order valence-electron chi connectivity index (χ3n) is 4.74. The summed E-state index contributed by atoms with van der Waals surface area (Å²) in [7, 11) is 0. The molecule has 0 heterocycles. The molecule has 0 amide bonds. The van der Waals surface area contributed by atoms with Crippen molar-refractivity contribution >= 4 is 0 Å². The van der Waals surface area contributed by atoms with Gasteiger partial charge >= 0.3 is 0 Å². The molecular weight excluding hydrogens is 230 g/mol. The summed E-state index contributed by atoms with van der Waals surface area (Å²) >= 11 is 0. The van der Waals surface area contributed by atoms with Crippen LogP contribution in [0.25, 0.3) is 0 Å². The van der Waals surface area contributed by atoms with E-state index in [0.717, 1.165) is 12.5 Å². The van der Waals surface area contributed by atoms with Gasteiger partial charge in [0.2, 0.25) is 0 Å². The van der Waals surface area contributed by atoms with Gasteiger partial charge in [-0.25, -0.2) is 0 Å². The smallest absolute Gasteiger partial charge is 0.0130 e. The molecular formula is C18H29N. The lowest BCUT2D eigenvalue weighted by atomic mass is 9.56. The number of rotatable bonds is 5. The molecule has 106 valence electrons. The summed E-state index contributed by atoms with van der Waals surface area (Å²) in [5.74, 6) is 1.45. The zero-order valence-corrected chi connectivity index (χ0v) is 13.2. The molecule has 2 atom stereocenters. The average Bonchev–Trinajstić information content (AvgIpc) is 2.35. The number of benzene rings is 1. The van der Waals surface area contributed by atoms with Gasteiger partial charge in [-0.2, -0.15) is 0 Å². The standard InChI is InChI=1S/C18H29N/c1-6-19-17-12-16(18(17,4)5)15-9-7-14(8-10-15)11-13(2)3/h7-10,13,16-17,19H,6,11-12H2,1-5H3. The number of hydrogen-bond acceptors (Lipinski definition) is 1. The first kappa shape index (κ1) is 14.6. The van der Waals surface area contributed by atoms with Gasteiger partial charge in [0.15, 0.2) is 0 Å². The summed E-state index contributed by atoms with van der Waals surface area (Å²) < 4.78 is 0. The fraction of sp³-hybridized carbons (Fsp3) is 0.667. The summed E-state index contributed by atoms with van der Waals surface area (Å²) in [6.45, 7) is 12.6. The largest absolute Gasteiger partial charge is 0.314 e. The molecule has 1 aliphatic rings. The molecule has 1 aromatic carbocycles. The minimum Gasteiger partial charge on any atom is -0.314 e. The van der Waals surface area contributed by atoms with E-state index in [1.165, 1.54) is 24.0 Å². The molecule has 1 nitrogen and oxygen atoms in total. The van der Waals surface area contributed by atoms with Crippen LogP contribution in [0.4, 0.5) is 0 Å². The Morgan fingerprint density at radius 1 is 1.21 bits per heavy atom. The predicted molar refractivity (Wildman–Crippen MR) is 83.6 cm³/mol. The highest BCUT2D eigenvalue weighted by atomic mass is 15.0. The van der Waals surface area contributed by atoms with Crippen LogP contribution in [-0.4, -0.2) is 12.6 Å². The minimum absolute atomic E-state index is 0.384. The lowest BCUT2D eigenvalue weighted by Crippen LogP contribution is -2.55. The van der Waals surface area contributed by atoms with Crippen molar-refractivity contribution in [2.75, 3.05) is 6.54 Å². The molecule has 1 aliphatic carbocycles. The molecule has 0 aliphatic heterocycles. The van der Waals surface area contributed by atoms with Crippen molar-refractivity contribution in [1.29, 1.82) is 0 Å². The van der Waals surface area contributed by atoms with E-state index in [0.29, 0.717) is 17.4 Å². The lowest BCUT2D eigenvalue weighted by Gasteiger charge is -2.53. The van der Waals surface area contributed by atoms with Crippen LogP contribution in [0.2, 0.25) is 0 Å². The highest BCUT2D eigenvalue weighted by Gasteiger charge is 2.47. The molecule has 0 radical (unpaired) electrons. The minimum atomic E-state index is 0.384. The van der Waals surface area contributed by atoms with Crippen molar-refractivity contribution in [2.24, 2.45) is 11.3 Å². The quantitative estimate of drug-likeness (QED) is 0.827. The molecule has 0 aromatic heterocycles. The van der Waals surface area contributed by atoms with Crippen molar-refractivity contribution in [2.45, 2.75) is 59.4 Å². The van der Waals surface area contributed by atoms with Crippen molar-refractivity contribution < 1.29 is 0 Å². The average molecular weight is 259 g/mol. The number of hydrogen-bond donors (Lipinski definition) is 1. The molecule has 1 aromatic rings. The van der Waals surface area contributed by atoms with Crippen LogP contribution in [0.3, 0.4) is 0 Å². The van der Waals surface area contributed by atoms with Gasteiger partial charge in [0.25, 0.3) is 0 Å². The maximum Gasteiger partial charge on any atom is 0.0130 e. The molecule has 1 saturated carbocycles. The molecule has 1 fully saturated rings. The van der Waals surface area contributed by atoms with Gasteiger partial charge in [0.05, 0.1) is 0 Å². The van der Waals surface area contributed by atoms with E-state index in [-0.39, 0.29) is 0 Å². The number of nitrogens with one attached hydrogen (secondary N) is 1. The van der Waals surface area contributed by atoms with E-state index < -0.39 is 0 Å². The molecule has 1 N–H and O–H groups in total. The van der Waals surface area contributed by atoms with Gasteiger partial charge in [-0.15, -0.1) is 0 Å². The van der Waals surface area contributed by atoms with Gasteiger partial charge in [0, 0.05) is 6.04 Å².